The normalized spacial score (nSPS) is 13.5. The van der Waals surface area contributed by atoms with Gasteiger partial charge in [0.15, 0.2) is 0 Å². The highest BCUT2D eigenvalue weighted by atomic mass is 16.5. The number of rotatable bonds is 3. The van der Waals surface area contributed by atoms with E-state index >= 15 is 0 Å². The van der Waals surface area contributed by atoms with E-state index in [2.05, 4.69) is 4.98 Å². The van der Waals surface area contributed by atoms with Crippen LogP contribution in [-0.2, 0) is 14.3 Å². The largest absolute Gasteiger partial charge is 0.478 e. The maximum Gasteiger partial charge on any atom is 0.372 e. The first-order valence-corrected chi connectivity index (χ1v) is 6.69. The van der Waals surface area contributed by atoms with Crippen molar-refractivity contribution >= 4 is 23.8 Å². The first-order valence-electron chi connectivity index (χ1n) is 6.69. The van der Waals surface area contributed by atoms with E-state index in [0.717, 1.165) is 0 Å². The molecule has 0 unspecified atom stereocenters. The number of carboxylic acid groups (broad SMARTS) is 2. The Balaban J connectivity index is 2.39. The van der Waals surface area contributed by atoms with Gasteiger partial charge < -0.3 is 14.9 Å². The Kier molecular flexibility index (Phi) is 3.64. The number of benzene rings is 1. The number of carbonyl (C=O) groups is 2. The molecule has 0 radical (unpaired) electrons. The molecule has 1 aliphatic heterocycles. The van der Waals surface area contributed by atoms with Crippen LogP contribution in [0, 0.1) is 0 Å². The number of aromatic nitrogens is 1. The molecular weight excluding hydrogens is 298 g/mol. The van der Waals surface area contributed by atoms with Gasteiger partial charge in [-0.2, -0.15) is 0 Å². The molecule has 23 heavy (non-hydrogen) atoms. The topological polar surface area (TPSA) is 96.7 Å². The van der Waals surface area contributed by atoms with Crippen molar-refractivity contribution in [3.05, 3.63) is 76.1 Å². The van der Waals surface area contributed by atoms with Gasteiger partial charge in [-0.3, -0.25) is 4.98 Å². The second-order valence-corrected chi connectivity index (χ2v) is 4.73. The fraction of sp³-hybridized carbons (Fsp3) is 0. The monoisotopic (exact) mass is 309 g/mol. The summed E-state index contributed by atoms with van der Waals surface area (Å²) in [5, 5.41) is 19.5. The van der Waals surface area contributed by atoms with Gasteiger partial charge in [-0.05, 0) is 18.2 Å². The average Bonchev–Trinajstić information content (AvgIpc) is 2.73. The van der Waals surface area contributed by atoms with Gasteiger partial charge in [0.2, 0.25) is 5.76 Å². The van der Waals surface area contributed by atoms with Crippen molar-refractivity contribution in [1.82, 2.24) is 4.98 Å². The number of pyridine rings is 1. The predicted octanol–water partition coefficient (Wildman–Crippen LogP) is 0.472. The SMILES string of the molecule is O=C(O)C1=C(C(=O)O)OC(c2ccccc2)=c2cccnc2=C1. The van der Waals surface area contributed by atoms with E-state index in [1.807, 2.05) is 6.07 Å². The molecule has 1 aromatic carbocycles. The van der Waals surface area contributed by atoms with Crippen LogP contribution in [0.4, 0.5) is 0 Å². The van der Waals surface area contributed by atoms with Crippen molar-refractivity contribution in [3.63, 3.8) is 0 Å². The van der Waals surface area contributed by atoms with Gasteiger partial charge in [0, 0.05) is 17.0 Å². The average molecular weight is 309 g/mol. The van der Waals surface area contributed by atoms with Crippen LogP contribution in [-0.4, -0.2) is 27.1 Å². The Morgan fingerprint density at radius 2 is 1.70 bits per heavy atom. The van der Waals surface area contributed by atoms with Crippen molar-refractivity contribution < 1.29 is 24.5 Å². The fourth-order valence-electron chi connectivity index (χ4n) is 2.26. The molecule has 0 aliphatic carbocycles. The quantitative estimate of drug-likeness (QED) is 0.855. The van der Waals surface area contributed by atoms with Crippen molar-refractivity contribution in [1.29, 1.82) is 0 Å². The molecular formula is C17H11NO5. The van der Waals surface area contributed by atoms with Gasteiger partial charge in [-0.15, -0.1) is 0 Å². The van der Waals surface area contributed by atoms with E-state index < -0.39 is 23.3 Å². The highest BCUT2D eigenvalue weighted by Gasteiger charge is 2.25. The van der Waals surface area contributed by atoms with Gasteiger partial charge >= 0.3 is 11.9 Å². The summed E-state index contributed by atoms with van der Waals surface area (Å²) >= 11 is 0. The number of carboxylic acids is 2. The smallest absolute Gasteiger partial charge is 0.372 e. The number of fused-ring (bicyclic) bond motifs is 1. The highest BCUT2D eigenvalue weighted by Crippen LogP contribution is 2.21. The second-order valence-electron chi connectivity index (χ2n) is 4.73. The van der Waals surface area contributed by atoms with Gasteiger partial charge in [-0.1, -0.05) is 30.3 Å². The minimum atomic E-state index is -1.46. The third-order valence-electron chi connectivity index (χ3n) is 3.27. The molecule has 0 bridgehead atoms. The summed E-state index contributed by atoms with van der Waals surface area (Å²) in [5.74, 6) is -3.25. The summed E-state index contributed by atoms with van der Waals surface area (Å²) < 4.78 is 5.50. The Labute approximate surface area is 130 Å². The minimum Gasteiger partial charge on any atom is -0.478 e. The molecule has 2 N–H and O–H groups in total. The Morgan fingerprint density at radius 3 is 2.35 bits per heavy atom. The molecule has 6 nitrogen and oxygen atoms in total. The zero-order valence-electron chi connectivity index (χ0n) is 11.8. The number of ether oxygens (including phenoxy) is 1. The van der Waals surface area contributed by atoms with Gasteiger partial charge in [0.25, 0.3) is 0 Å². The molecule has 3 rings (SSSR count). The predicted molar refractivity (Wildman–Crippen MR) is 80.3 cm³/mol. The van der Waals surface area contributed by atoms with E-state index in [-0.39, 0.29) is 5.76 Å². The Morgan fingerprint density at radius 1 is 0.957 bits per heavy atom. The molecule has 0 spiro atoms. The molecule has 6 heteroatoms. The first-order chi connectivity index (χ1) is 11.1. The first kappa shape index (κ1) is 14.5. The van der Waals surface area contributed by atoms with E-state index in [9.17, 15) is 19.8 Å². The van der Waals surface area contributed by atoms with Crippen LogP contribution in [0.25, 0.3) is 11.8 Å². The summed E-state index contributed by atoms with van der Waals surface area (Å²) in [4.78, 5) is 27.0. The summed E-state index contributed by atoms with van der Waals surface area (Å²) in [6.45, 7) is 0. The molecule has 0 amide bonds. The second kappa shape index (κ2) is 5.76. The van der Waals surface area contributed by atoms with Crippen molar-refractivity contribution in [3.8, 4) is 0 Å². The fourth-order valence-corrected chi connectivity index (χ4v) is 2.26. The summed E-state index contributed by atoms with van der Waals surface area (Å²) in [5.41, 5.74) is 0.170. The zero-order valence-corrected chi connectivity index (χ0v) is 11.8. The third kappa shape index (κ3) is 2.69. The van der Waals surface area contributed by atoms with Gasteiger partial charge in [0.05, 0.1) is 5.35 Å². The molecule has 0 atom stereocenters. The van der Waals surface area contributed by atoms with Crippen LogP contribution in [0.3, 0.4) is 0 Å². The van der Waals surface area contributed by atoms with Crippen LogP contribution in [0.1, 0.15) is 5.56 Å². The summed E-state index contributed by atoms with van der Waals surface area (Å²) in [6, 6.07) is 12.2. The number of nitrogens with zero attached hydrogens (tertiary/aromatic N) is 1. The van der Waals surface area contributed by atoms with E-state index in [1.54, 1.807) is 36.4 Å². The molecule has 2 aromatic rings. The Bertz CT molecular complexity index is 944. The molecule has 1 aliphatic rings. The van der Waals surface area contributed by atoms with Crippen LogP contribution < -0.4 is 10.6 Å². The lowest BCUT2D eigenvalue weighted by Gasteiger charge is -2.11. The van der Waals surface area contributed by atoms with Gasteiger partial charge in [0.1, 0.15) is 11.3 Å². The molecule has 1 aromatic heterocycles. The minimum absolute atomic E-state index is 0.249. The molecule has 0 fully saturated rings. The van der Waals surface area contributed by atoms with E-state index in [0.29, 0.717) is 16.1 Å². The summed E-state index contributed by atoms with van der Waals surface area (Å²) in [6.07, 6.45) is 2.71. The Hall–Kier alpha value is -3.41. The maximum absolute atomic E-state index is 11.4. The van der Waals surface area contributed by atoms with Crippen LogP contribution >= 0.6 is 0 Å². The van der Waals surface area contributed by atoms with Crippen molar-refractivity contribution in [2.45, 2.75) is 0 Å². The van der Waals surface area contributed by atoms with Crippen molar-refractivity contribution in [2.75, 3.05) is 0 Å². The number of hydrogen-bond acceptors (Lipinski definition) is 4. The van der Waals surface area contributed by atoms with Crippen LogP contribution in [0.15, 0.2) is 60.0 Å². The number of hydrogen-bond donors (Lipinski definition) is 2. The highest BCUT2D eigenvalue weighted by molar-refractivity contribution is 6.04. The molecule has 0 saturated carbocycles. The van der Waals surface area contributed by atoms with Crippen LogP contribution in [0.5, 0.6) is 0 Å². The maximum atomic E-state index is 11.4. The lowest BCUT2D eigenvalue weighted by molar-refractivity contribution is -0.137. The summed E-state index contributed by atoms with van der Waals surface area (Å²) in [7, 11) is 0. The van der Waals surface area contributed by atoms with E-state index in [4.69, 9.17) is 4.74 Å². The standard InChI is InChI=1S/C17H11NO5/c19-16(20)12-9-13-11(7-4-8-18-13)14(23-15(12)17(21)22)10-5-2-1-3-6-10/h1-9H,(H,19,20)(H,21,22). The third-order valence-corrected chi connectivity index (χ3v) is 3.27. The van der Waals surface area contributed by atoms with Gasteiger partial charge in [-0.25, -0.2) is 9.59 Å². The molecule has 2 heterocycles. The van der Waals surface area contributed by atoms with Crippen molar-refractivity contribution in [2.24, 2.45) is 0 Å². The number of aliphatic carboxylic acids is 2. The van der Waals surface area contributed by atoms with Crippen LogP contribution in [0.2, 0.25) is 0 Å². The molecule has 0 saturated heterocycles. The lowest BCUT2D eigenvalue weighted by Crippen LogP contribution is -2.30. The molecule has 114 valence electrons. The zero-order chi connectivity index (χ0) is 16.4. The lowest BCUT2D eigenvalue weighted by atomic mass is 10.1. The van der Waals surface area contributed by atoms with E-state index in [1.165, 1.54) is 12.3 Å².